The largest absolute Gasteiger partial charge is 0.480 e. The molecule has 0 fully saturated rings. The van der Waals surface area contributed by atoms with Gasteiger partial charge in [0, 0.05) is 6.08 Å². The molecule has 0 unspecified atom stereocenters. The number of rotatable bonds is 7. The van der Waals surface area contributed by atoms with Crippen LogP contribution in [0.15, 0.2) is 31.4 Å². The van der Waals surface area contributed by atoms with Crippen LogP contribution in [0.2, 0.25) is 0 Å². The minimum Gasteiger partial charge on any atom is -0.458 e. The second kappa shape index (κ2) is 10.1. The first-order valence-electron chi connectivity index (χ1n) is 7.17. The minimum absolute atomic E-state index is 0.375. The van der Waals surface area contributed by atoms with Crippen LogP contribution in [0, 0.1) is 0 Å². The van der Waals surface area contributed by atoms with E-state index in [2.05, 4.69) is 18.1 Å². The van der Waals surface area contributed by atoms with Crippen molar-refractivity contribution in [3.8, 4) is 0 Å². The van der Waals surface area contributed by atoms with Crippen molar-refractivity contribution in [1.82, 2.24) is 4.57 Å². The molecule has 29 heavy (non-hydrogen) atoms. The van der Waals surface area contributed by atoms with Gasteiger partial charge in [-0.2, -0.15) is 26.3 Å². The molecule has 0 atom stereocenters. The highest BCUT2D eigenvalue weighted by atomic mass is 32.3. The highest BCUT2D eigenvalue weighted by Crippen LogP contribution is 2.36. The molecule has 0 aliphatic rings. The van der Waals surface area contributed by atoms with E-state index >= 15 is 0 Å². The van der Waals surface area contributed by atoms with Crippen molar-refractivity contribution in [3.63, 3.8) is 0 Å². The molecule has 0 saturated heterocycles. The summed E-state index contributed by atoms with van der Waals surface area (Å²) in [6.07, 6.45) is 7.07. The second-order valence-corrected chi connectivity index (χ2v) is 8.19. The number of aromatic nitrogens is 2. The number of aryl methyl sites for hydroxylation is 1. The van der Waals surface area contributed by atoms with Gasteiger partial charge in [-0.05, 0) is 6.92 Å². The topological polar surface area (TPSA) is 117 Å². The number of hydrogen-bond donors (Lipinski definition) is 0. The lowest BCUT2D eigenvalue weighted by Crippen LogP contribution is -2.34. The third kappa shape index (κ3) is 8.82. The molecule has 1 rings (SSSR count). The van der Waals surface area contributed by atoms with Crippen molar-refractivity contribution in [2.45, 2.75) is 31.0 Å². The summed E-state index contributed by atoms with van der Waals surface area (Å²) in [4.78, 5) is 10.7. The van der Waals surface area contributed by atoms with Gasteiger partial charge in [0.25, 0.3) is 0 Å². The van der Waals surface area contributed by atoms with Gasteiger partial charge < -0.3 is 8.86 Å². The lowest BCUT2D eigenvalue weighted by Gasteiger charge is -2.22. The molecule has 1 heterocycles. The number of nitrogens with zero attached hydrogens (tertiary/aromatic N) is 3. The molecule has 0 amide bonds. The summed E-state index contributed by atoms with van der Waals surface area (Å²) in [5.74, 6) is -0.375. The van der Waals surface area contributed by atoms with Gasteiger partial charge in [-0.1, -0.05) is 6.58 Å². The fourth-order valence-electron chi connectivity index (χ4n) is 1.28. The molecule has 1 aromatic heterocycles. The van der Waals surface area contributed by atoms with Crippen LogP contribution in [0.3, 0.4) is 0 Å². The Hall–Kier alpha value is -2.14. The molecule has 17 heteroatoms. The highest BCUT2D eigenvalue weighted by molar-refractivity contribution is 8.13. The zero-order valence-corrected chi connectivity index (χ0v) is 16.1. The number of carbonyl (C=O) groups excluding carboxylic acids is 1. The fraction of sp³-hybridized carbons (Fsp3) is 0.500. The van der Waals surface area contributed by atoms with Gasteiger partial charge in [-0.15, -0.1) is 0 Å². The van der Waals surface area contributed by atoms with Crippen LogP contribution in [0.4, 0.5) is 26.3 Å². The number of hydrogen-bond acceptors (Lipinski definition) is 6. The van der Waals surface area contributed by atoms with Crippen molar-refractivity contribution in [2.24, 2.45) is 0 Å². The van der Waals surface area contributed by atoms with Crippen LogP contribution in [0.1, 0.15) is 6.92 Å². The predicted molar refractivity (Wildman–Crippen MR) is 84.8 cm³/mol. The number of ether oxygens (including phenoxy) is 1. The van der Waals surface area contributed by atoms with Gasteiger partial charge in [0.1, 0.15) is 25.5 Å². The van der Waals surface area contributed by atoms with E-state index in [0.717, 1.165) is 10.7 Å². The molecule has 0 aromatic carbocycles. The van der Waals surface area contributed by atoms with E-state index in [-0.39, 0.29) is 5.97 Å². The van der Waals surface area contributed by atoms with Crippen LogP contribution in [-0.2, 0) is 42.7 Å². The second-order valence-electron chi connectivity index (χ2n) is 4.77. The van der Waals surface area contributed by atoms with E-state index < -0.39 is 31.1 Å². The van der Waals surface area contributed by atoms with E-state index in [1.54, 1.807) is 0 Å². The number of imidazole rings is 1. The highest BCUT2D eigenvalue weighted by Gasteiger charge is 2.46. The number of alkyl halides is 6. The number of esters is 1. The average Bonchev–Trinajstić information content (AvgIpc) is 3.00. The average molecular weight is 475 g/mol. The van der Waals surface area contributed by atoms with E-state index in [1.807, 2.05) is 23.3 Å². The van der Waals surface area contributed by atoms with Gasteiger partial charge in [0.2, 0.25) is 6.33 Å². The third-order valence-electron chi connectivity index (χ3n) is 2.65. The van der Waals surface area contributed by atoms with Crippen molar-refractivity contribution in [3.05, 3.63) is 35.5 Å². The first-order valence-corrected chi connectivity index (χ1v) is 10.1. The Morgan fingerprint density at radius 1 is 1.14 bits per heavy atom. The SMILES string of the molecule is C=CC(=O)OCC[n+]1ccn(CC)c1.O=S(=O)([N-]S(=O)(=O)C(F)(F)F)C(F)(F)F. The van der Waals surface area contributed by atoms with Crippen LogP contribution < -0.4 is 4.57 Å². The Kier molecular flexibility index (Phi) is 9.32. The van der Waals surface area contributed by atoms with E-state index in [0.29, 0.717) is 13.2 Å². The van der Waals surface area contributed by atoms with Gasteiger partial charge in [0.15, 0.2) is 20.0 Å². The van der Waals surface area contributed by atoms with Gasteiger partial charge >= 0.3 is 17.0 Å². The van der Waals surface area contributed by atoms with E-state index in [4.69, 9.17) is 4.74 Å². The maximum absolute atomic E-state index is 11.4. The number of sulfonamides is 2. The Bertz CT molecular complexity index is 863. The zero-order chi connectivity index (χ0) is 23.1. The summed E-state index contributed by atoms with van der Waals surface area (Å²) < 4.78 is 118. The molecular formula is C12H15F6N3O6S2. The molecule has 1 aromatic rings. The third-order valence-corrected chi connectivity index (χ3v) is 5.39. The van der Waals surface area contributed by atoms with Crippen LogP contribution in [0.5, 0.6) is 0 Å². The quantitative estimate of drug-likeness (QED) is 0.256. The molecule has 0 bridgehead atoms. The fourth-order valence-corrected chi connectivity index (χ4v) is 2.99. The molecule has 0 aliphatic carbocycles. The Labute approximate surface area is 161 Å². The van der Waals surface area contributed by atoms with Crippen molar-refractivity contribution < 1.29 is 57.3 Å². The molecule has 0 spiro atoms. The van der Waals surface area contributed by atoms with E-state index in [1.165, 1.54) is 6.08 Å². The first kappa shape index (κ1) is 26.9. The summed E-state index contributed by atoms with van der Waals surface area (Å²) in [7, 11) is -13.4. The first-order chi connectivity index (χ1) is 13.0. The summed E-state index contributed by atoms with van der Waals surface area (Å²) >= 11 is 0. The molecular weight excluding hydrogens is 460 g/mol. The lowest BCUT2D eigenvalue weighted by atomic mass is 10.6. The van der Waals surface area contributed by atoms with Crippen molar-refractivity contribution in [2.75, 3.05) is 6.61 Å². The molecule has 0 radical (unpaired) electrons. The van der Waals surface area contributed by atoms with Gasteiger partial charge in [0.05, 0.1) is 6.54 Å². The monoisotopic (exact) mass is 475 g/mol. The Morgan fingerprint density at radius 2 is 1.62 bits per heavy atom. The summed E-state index contributed by atoms with van der Waals surface area (Å²) in [5.41, 5.74) is -12.4. The molecule has 0 aliphatic heterocycles. The van der Waals surface area contributed by atoms with Crippen molar-refractivity contribution >= 4 is 26.0 Å². The number of halogens is 6. The standard InChI is InChI=1S/C10H15N2O2.C2F6NO4S2/c1-3-10(13)14-8-7-12-6-5-11(4-2)9-12;3-1(4,5)14(10,11)9-15(12,13)2(6,7)8/h3,5-6,9H,1,4,7-8H2,2H3;/q+1;-1. The molecule has 0 saturated carbocycles. The summed E-state index contributed by atoms with van der Waals surface area (Å²) in [6.45, 7) is 7.38. The normalized spacial score (nSPS) is 12.7. The Balaban J connectivity index is 0.000000541. The van der Waals surface area contributed by atoms with E-state index in [9.17, 15) is 48.0 Å². The molecule has 0 N–H and O–H groups in total. The Morgan fingerprint density at radius 3 is 1.97 bits per heavy atom. The predicted octanol–water partition coefficient (Wildman–Crippen LogP) is 1.58. The van der Waals surface area contributed by atoms with Crippen LogP contribution in [0.25, 0.3) is 4.13 Å². The summed E-state index contributed by atoms with van der Waals surface area (Å²) in [6, 6.07) is 0. The smallest absolute Gasteiger partial charge is 0.458 e. The maximum atomic E-state index is 11.4. The molecule has 9 nitrogen and oxygen atoms in total. The molecule has 168 valence electrons. The van der Waals surface area contributed by atoms with Crippen LogP contribution >= 0.6 is 0 Å². The summed E-state index contributed by atoms with van der Waals surface area (Å²) in [5, 5.41) is 0. The minimum atomic E-state index is -6.72. The van der Waals surface area contributed by atoms with Gasteiger partial charge in [-0.3, -0.25) is 0 Å². The van der Waals surface area contributed by atoms with Gasteiger partial charge in [-0.25, -0.2) is 30.8 Å². The lowest BCUT2D eigenvalue weighted by molar-refractivity contribution is -0.697. The zero-order valence-electron chi connectivity index (χ0n) is 14.5. The van der Waals surface area contributed by atoms with Crippen LogP contribution in [-0.4, -0.2) is 45.0 Å². The number of carbonyl (C=O) groups is 1. The van der Waals surface area contributed by atoms with Crippen molar-refractivity contribution in [1.29, 1.82) is 0 Å². The maximum Gasteiger partial charge on any atom is 0.480 e.